The molecule has 0 aliphatic heterocycles. The van der Waals surface area contributed by atoms with Gasteiger partial charge in [0.05, 0.1) is 38.6 Å². The first-order valence-electron chi connectivity index (χ1n) is 19.4. The van der Waals surface area contributed by atoms with E-state index in [2.05, 4.69) is 40.7 Å². The fourth-order valence-electron chi connectivity index (χ4n) is 11.6. The van der Waals surface area contributed by atoms with Gasteiger partial charge in [0.2, 0.25) is 0 Å². The van der Waals surface area contributed by atoms with Gasteiger partial charge in [-0.2, -0.15) is 5.26 Å². The zero-order chi connectivity index (χ0) is 37.3. The van der Waals surface area contributed by atoms with Crippen molar-refractivity contribution in [2.24, 2.45) is 50.2 Å². The Balaban J connectivity index is 1.47. The maximum atomic E-state index is 15.0. The molecule has 9 nitrogen and oxygen atoms in total. The molecule has 0 heterocycles. The Morgan fingerprint density at radius 3 is 2.25 bits per heavy atom. The number of ether oxygens (including phenoxy) is 4. The fourth-order valence-corrected chi connectivity index (χ4v) is 11.6. The third-order valence-corrected chi connectivity index (χ3v) is 14.6. The number of Topliss-reactive ketones (excluding diaryl/α,β-unsaturated/α-hetero) is 1. The van der Waals surface area contributed by atoms with Gasteiger partial charge in [-0.3, -0.25) is 9.59 Å². The van der Waals surface area contributed by atoms with E-state index in [4.69, 9.17) is 28.3 Å². The molecule has 0 bridgehead atoms. The van der Waals surface area contributed by atoms with E-state index in [1.165, 1.54) is 0 Å². The fraction of sp³-hybridized carbons (Fsp3) is 0.829. The number of allylic oxidation sites excluding steroid dienone is 4. The second kappa shape index (κ2) is 15.5. The Bertz CT molecular complexity index is 1390. The maximum absolute atomic E-state index is 15.0. The van der Waals surface area contributed by atoms with Crippen molar-refractivity contribution in [3.63, 3.8) is 0 Å². The van der Waals surface area contributed by atoms with E-state index >= 15 is 0 Å². The Morgan fingerprint density at radius 2 is 1.55 bits per heavy atom. The van der Waals surface area contributed by atoms with Crippen molar-refractivity contribution < 1.29 is 37.8 Å². The first-order chi connectivity index (χ1) is 24.0. The molecule has 5 aliphatic carbocycles. The molecule has 0 amide bonds. The molecule has 5 rings (SSSR count). The predicted molar refractivity (Wildman–Crippen MR) is 197 cm³/mol. The second-order valence-electron chi connectivity index (χ2n) is 18.3. The molecule has 3 fully saturated rings. The molecule has 284 valence electrons. The van der Waals surface area contributed by atoms with E-state index in [9.17, 15) is 14.9 Å². The highest BCUT2D eigenvalue weighted by Gasteiger charge is 2.70. The Labute approximate surface area is 307 Å². The molecule has 0 aromatic carbocycles. The van der Waals surface area contributed by atoms with Crippen LogP contribution in [0.1, 0.15) is 99.8 Å². The van der Waals surface area contributed by atoms with Crippen molar-refractivity contribution >= 4 is 18.7 Å². The van der Waals surface area contributed by atoms with Crippen molar-refractivity contribution in [3.05, 3.63) is 23.3 Å². The summed E-state index contributed by atoms with van der Waals surface area (Å²) in [6.07, 6.45) is 12.2. The lowest BCUT2D eigenvalue weighted by Gasteiger charge is -2.69. The summed E-state index contributed by atoms with van der Waals surface area (Å²) in [7, 11) is 2.86. The topological polar surface area (TPSA) is 113 Å². The standard InChI is InChI=1S/C41H64BNO8/c1-36(2)13-15-41(27-42(50-22-21-48-20-19-47-9)51-28-49-18-10-17-46-8)16-14-40(7)34(30(41)25-36)31(44)23-33-38(5)24-29(26-43)35(45)37(3,4)32(38)11-12-39(33,40)6/h23-24,30,32,34H,10-22,25,27-28H2,1-9H3/t30-,32-,34-,38-,39+,40+,41+/m0/s1. The van der Waals surface area contributed by atoms with Crippen LogP contribution >= 0.6 is 0 Å². The number of carbonyl (C=O) groups is 2. The van der Waals surface area contributed by atoms with E-state index in [-0.39, 0.29) is 63.3 Å². The van der Waals surface area contributed by atoms with Gasteiger partial charge in [-0.1, -0.05) is 60.1 Å². The number of hydrogen-bond donors (Lipinski definition) is 0. The van der Waals surface area contributed by atoms with Gasteiger partial charge in [0.1, 0.15) is 12.9 Å². The molecule has 51 heavy (non-hydrogen) atoms. The van der Waals surface area contributed by atoms with Gasteiger partial charge in [-0.25, -0.2) is 0 Å². The molecule has 0 saturated heterocycles. The number of nitriles is 1. The number of methoxy groups -OCH3 is 2. The lowest BCUT2D eigenvalue weighted by atomic mass is 9.33. The summed E-state index contributed by atoms with van der Waals surface area (Å²) in [6.45, 7) is 18.9. The molecule has 0 unspecified atom stereocenters. The van der Waals surface area contributed by atoms with Gasteiger partial charge in [-0.15, -0.1) is 0 Å². The summed E-state index contributed by atoms with van der Waals surface area (Å²) in [5, 5.41) is 10.1. The largest absolute Gasteiger partial charge is 0.459 e. The zero-order valence-electron chi connectivity index (χ0n) is 33.0. The number of fused-ring (bicyclic) bond motifs is 7. The molecule has 10 heteroatoms. The average Bonchev–Trinajstić information content (AvgIpc) is 3.07. The zero-order valence-corrected chi connectivity index (χ0v) is 33.0. The van der Waals surface area contributed by atoms with Gasteiger partial charge in [0, 0.05) is 37.6 Å². The van der Waals surface area contributed by atoms with E-state index in [0.29, 0.717) is 46.0 Å². The number of hydrogen-bond acceptors (Lipinski definition) is 9. The minimum atomic E-state index is -0.677. The molecule has 0 N–H and O–H groups in total. The molecule has 5 aliphatic rings. The Hall–Kier alpha value is -1.87. The van der Waals surface area contributed by atoms with Crippen LogP contribution in [0.2, 0.25) is 6.32 Å². The SMILES string of the molecule is COCCCOCOB(C[C@]12CCC(C)(C)C[C@H]1[C@H]1C(=O)C=C3[C@@]4(C)C=C(C#N)C(=O)C(C)(C)[C@@H]4CC[C@@]3(C)[C@]1(C)CC2)OCCOCCOC. The number of carbonyl (C=O) groups excluding carboxylic acids is 2. The van der Waals surface area contributed by atoms with Crippen LogP contribution in [-0.4, -0.2) is 79.3 Å². The van der Waals surface area contributed by atoms with Crippen LogP contribution in [-0.2, 0) is 37.8 Å². The molecular formula is C41H64BNO8. The Kier molecular flexibility index (Phi) is 12.2. The van der Waals surface area contributed by atoms with Gasteiger partial charge >= 0.3 is 7.12 Å². The predicted octanol–water partition coefficient (Wildman–Crippen LogP) is 7.40. The molecule has 0 aromatic heterocycles. The van der Waals surface area contributed by atoms with Crippen molar-refractivity contribution in [1.29, 1.82) is 5.26 Å². The highest BCUT2D eigenvalue weighted by atomic mass is 16.7. The van der Waals surface area contributed by atoms with Crippen LogP contribution in [0, 0.1) is 61.6 Å². The first-order valence-corrected chi connectivity index (χ1v) is 19.4. The maximum Gasteiger partial charge on any atom is 0.459 e. The van der Waals surface area contributed by atoms with Crippen LogP contribution in [0.25, 0.3) is 0 Å². The van der Waals surface area contributed by atoms with Crippen molar-refractivity contribution in [1.82, 2.24) is 0 Å². The minimum absolute atomic E-state index is 0.0309. The van der Waals surface area contributed by atoms with Crippen LogP contribution in [0.4, 0.5) is 0 Å². The van der Waals surface area contributed by atoms with Crippen molar-refractivity contribution in [2.45, 2.75) is 106 Å². The monoisotopic (exact) mass is 709 g/mol. The van der Waals surface area contributed by atoms with Crippen LogP contribution in [0.5, 0.6) is 0 Å². The third-order valence-electron chi connectivity index (χ3n) is 14.6. The third kappa shape index (κ3) is 7.34. The molecule has 3 saturated carbocycles. The second-order valence-corrected chi connectivity index (χ2v) is 18.3. The molecule has 0 spiro atoms. The molecular weight excluding hydrogens is 645 g/mol. The van der Waals surface area contributed by atoms with Gasteiger partial charge in [-0.05, 0) is 97.3 Å². The highest BCUT2D eigenvalue weighted by molar-refractivity contribution is 6.44. The summed E-state index contributed by atoms with van der Waals surface area (Å²) in [4.78, 5) is 28.4. The number of rotatable bonds is 16. The van der Waals surface area contributed by atoms with E-state index < -0.39 is 17.9 Å². The first kappa shape index (κ1) is 40.3. The summed E-state index contributed by atoms with van der Waals surface area (Å²) in [5.74, 6) is 0.198. The van der Waals surface area contributed by atoms with E-state index in [1.54, 1.807) is 14.2 Å². The number of ketones is 2. The molecule has 0 aromatic rings. The van der Waals surface area contributed by atoms with Crippen LogP contribution < -0.4 is 0 Å². The van der Waals surface area contributed by atoms with E-state index in [0.717, 1.165) is 56.9 Å². The highest BCUT2D eigenvalue weighted by Crippen LogP contribution is 2.75. The quantitative estimate of drug-likeness (QED) is 0.0919. The van der Waals surface area contributed by atoms with E-state index in [1.807, 2.05) is 26.0 Å². The lowest BCUT2D eigenvalue weighted by molar-refractivity contribution is -0.169. The summed E-state index contributed by atoms with van der Waals surface area (Å²) in [6, 6.07) is 2.22. The van der Waals surface area contributed by atoms with Gasteiger partial charge < -0.3 is 28.3 Å². The molecule has 7 atom stereocenters. The van der Waals surface area contributed by atoms with Gasteiger partial charge in [0.25, 0.3) is 0 Å². The average molecular weight is 710 g/mol. The smallest absolute Gasteiger partial charge is 0.409 e. The number of nitrogens with zero attached hydrogens (tertiary/aromatic N) is 1. The summed E-state index contributed by atoms with van der Waals surface area (Å²) < 4.78 is 34.6. The normalized spacial score (nSPS) is 36.5. The summed E-state index contributed by atoms with van der Waals surface area (Å²) in [5.41, 5.74) is -0.385. The molecule has 0 radical (unpaired) electrons. The van der Waals surface area contributed by atoms with Crippen molar-refractivity contribution in [2.75, 3.05) is 60.7 Å². The summed E-state index contributed by atoms with van der Waals surface area (Å²) >= 11 is 0. The van der Waals surface area contributed by atoms with Crippen molar-refractivity contribution in [3.8, 4) is 6.07 Å². The van der Waals surface area contributed by atoms with Crippen LogP contribution in [0.15, 0.2) is 23.3 Å². The minimum Gasteiger partial charge on any atom is -0.409 e. The van der Waals surface area contributed by atoms with Gasteiger partial charge in [0.15, 0.2) is 11.6 Å². The Morgan fingerprint density at radius 1 is 0.843 bits per heavy atom. The van der Waals surface area contributed by atoms with Crippen LogP contribution in [0.3, 0.4) is 0 Å². The lowest BCUT2D eigenvalue weighted by Crippen LogP contribution is -2.65.